The first-order chi connectivity index (χ1) is 11.8. The van der Waals surface area contributed by atoms with Crippen LogP contribution in [0.2, 0.25) is 0 Å². The van der Waals surface area contributed by atoms with Crippen LogP contribution in [-0.2, 0) is 16.0 Å². The van der Waals surface area contributed by atoms with Crippen molar-refractivity contribution in [3.8, 4) is 0 Å². The van der Waals surface area contributed by atoms with E-state index in [9.17, 15) is 9.90 Å². The van der Waals surface area contributed by atoms with E-state index in [0.717, 1.165) is 45.1 Å². The Bertz CT molecular complexity index is 522. The van der Waals surface area contributed by atoms with E-state index >= 15 is 0 Å². The molecular weight excluding hydrogens is 308 g/mol. The van der Waals surface area contributed by atoms with Gasteiger partial charge < -0.3 is 14.7 Å². The number of hydrogen-bond donors (Lipinski definition) is 1. The minimum Gasteiger partial charge on any atom is -0.396 e. The summed E-state index contributed by atoms with van der Waals surface area (Å²) in [7, 11) is 0. The third kappa shape index (κ3) is 4.49. The molecule has 7 heteroatoms. The largest absolute Gasteiger partial charge is 0.396 e. The molecule has 2 atom stereocenters. The van der Waals surface area contributed by atoms with Gasteiger partial charge in [-0.25, -0.2) is 0 Å². The van der Waals surface area contributed by atoms with Crippen molar-refractivity contribution in [1.82, 2.24) is 19.8 Å². The molecule has 2 fully saturated rings. The van der Waals surface area contributed by atoms with E-state index in [1.54, 1.807) is 18.6 Å². The molecule has 3 heterocycles. The fourth-order valence-electron chi connectivity index (χ4n) is 3.52. The molecule has 24 heavy (non-hydrogen) atoms. The molecule has 0 aromatic carbocycles. The normalized spacial score (nSPS) is 25.1. The van der Waals surface area contributed by atoms with E-state index in [4.69, 9.17) is 4.74 Å². The molecule has 2 aliphatic heterocycles. The molecule has 0 spiro atoms. The Balaban J connectivity index is 1.50. The van der Waals surface area contributed by atoms with E-state index in [1.165, 1.54) is 0 Å². The number of rotatable bonds is 6. The maximum Gasteiger partial charge on any atom is 0.222 e. The van der Waals surface area contributed by atoms with Crippen LogP contribution in [0.5, 0.6) is 0 Å². The highest BCUT2D eigenvalue weighted by atomic mass is 16.5. The number of hydrogen-bond acceptors (Lipinski definition) is 6. The summed E-state index contributed by atoms with van der Waals surface area (Å²) >= 11 is 0. The van der Waals surface area contributed by atoms with Crippen molar-refractivity contribution in [2.45, 2.75) is 12.8 Å². The summed E-state index contributed by atoms with van der Waals surface area (Å²) in [6.07, 6.45) is 6.04. The second-order valence-corrected chi connectivity index (χ2v) is 6.61. The smallest absolute Gasteiger partial charge is 0.222 e. The van der Waals surface area contributed by atoms with E-state index in [0.29, 0.717) is 25.3 Å². The first kappa shape index (κ1) is 17.3. The lowest BCUT2D eigenvalue weighted by molar-refractivity contribution is -0.130. The molecule has 1 aromatic heterocycles. The number of aliphatic hydroxyl groups is 1. The molecule has 0 radical (unpaired) electrons. The molecule has 0 aliphatic carbocycles. The van der Waals surface area contributed by atoms with Crippen molar-refractivity contribution in [2.75, 3.05) is 52.5 Å². The van der Waals surface area contributed by atoms with Crippen molar-refractivity contribution in [1.29, 1.82) is 0 Å². The van der Waals surface area contributed by atoms with Crippen molar-refractivity contribution >= 4 is 5.91 Å². The van der Waals surface area contributed by atoms with Crippen molar-refractivity contribution < 1.29 is 14.6 Å². The highest BCUT2D eigenvalue weighted by molar-refractivity contribution is 5.76. The van der Waals surface area contributed by atoms with E-state index in [-0.39, 0.29) is 18.4 Å². The first-order valence-corrected chi connectivity index (χ1v) is 8.70. The van der Waals surface area contributed by atoms with Gasteiger partial charge in [0.1, 0.15) is 0 Å². The van der Waals surface area contributed by atoms with Gasteiger partial charge in [0, 0.05) is 70.3 Å². The minimum absolute atomic E-state index is 0.142. The van der Waals surface area contributed by atoms with Gasteiger partial charge in [0.25, 0.3) is 0 Å². The Labute approximate surface area is 142 Å². The summed E-state index contributed by atoms with van der Waals surface area (Å²) < 4.78 is 5.38. The van der Waals surface area contributed by atoms with Crippen molar-refractivity contribution in [3.05, 3.63) is 24.3 Å². The maximum atomic E-state index is 12.5. The Kier molecular flexibility index (Phi) is 6.12. The summed E-state index contributed by atoms with van der Waals surface area (Å²) in [5.74, 6) is 0.658. The summed E-state index contributed by atoms with van der Waals surface area (Å²) in [4.78, 5) is 25.0. The Morgan fingerprint density at radius 3 is 2.75 bits per heavy atom. The van der Waals surface area contributed by atoms with Gasteiger partial charge in [0.15, 0.2) is 0 Å². The molecule has 0 saturated carbocycles. The van der Waals surface area contributed by atoms with Gasteiger partial charge in [-0.2, -0.15) is 0 Å². The number of morpholine rings is 1. The van der Waals surface area contributed by atoms with Gasteiger partial charge in [-0.15, -0.1) is 0 Å². The molecule has 0 bridgehead atoms. The van der Waals surface area contributed by atoms with Crippen LogP contribution in [0.1, 0.15) is 12.1 Å². The highest BCUT2D eigenvalue weighted by Gasteiger charge is 2.35. The van der Waals surface area contributed by atoms with E-state index in [1.807, 2.05) is 4.90 Å². The topological polar surface area (TPSA) is 78.8 Å². The van der Waals surface area contributed by atoms with Gasteiger partial charge >= 0.3 is 0 Å². The first-order valence-electron chi connectivity index (χ1n) is 8.70. The van der Waals surface area contributed by atoms with Crippen LogP contribution in [0.3, 0.4) is 0 Å². The molecule has 1 N–H and O–H groups in total. The molecule has 1 amide bonds. The van der Waals surface area contributed by atoms with Gasteiger partial charge in [0.05, 0.1) is 18.9 Å². The Morgan fingerprint density at radius 1 is 1.25 bits per heavy atom. The zero-order valence-corrected chi connectivity index (χ0v) is 14.0. The van der Waals surface area contributed by atoms with Crippen LogP contribution in [-0.4, -0.2) is 83.3 Å². The summed E-state index contributed by atoms with van der Waals surface area (Å²) in [5.41, 5.74) is 0.841. The van der Waals surface area contributed by atoms with E-state index in [2.05, 4.69) is 14.9 Å². The molecule has 1 aromatic rings. The van der Waals surface area contributed by atoms with Crippen LogP contribution in [0.15, 0.2) is 18.6 Å². The molecule has 2 saturated heterocycles. The highest BCUT2D eigenvalue weighted by Crippen LogP contribution is 2.25. The summed E-state index contributed by atoms with van der Waals surface area (Å²) in [5, 5.41) is 9.67. The number of carbonyl (C=O) groups is 1. The average Bonchev–Trinajstić information content (AvgIpc) is 3.04. The second-order valence-electron chi connectivity index (χ2n) is 6.61. The third-order valence-corrected chi connectivity index (χ3v) is 4.97. The fraction of sp³-hybridized carbons (Fsp3) is 0.706. The van der Waals surface area contributed by atoms with Gasteiger partial charge in [0.2, 0.25) is 5.91 Å². The lowest BCUT2D eigenvalue weighted by Crippen LogP contribution is -2.41. The number of carbonyl (C=O) groups excluding carboxylic acids is 1. The lowest BCUT2D eigenvalue weighted by Gasteiger charge is -2.30. The molecule has 0 unspecified atom stereocenters. The van der Waals surface area contributed by atoms with Crippen LogP contribution >= 0.6 is 0 Å². The van der Waals surface area contributed by atoms with Crippen molar-refractivity contribution in [2.24, 2.45) is 11.8 Å². The number of nitrogens with zero attached hydrogens (tertiary/aromatic N) is 4. The van der Waals surface area contributed by atoms with Gasteiger partial charge in [-0.05, 0) is 12.3 Å². The molecule has 3 rings (SSSR count). The van der Waals surface area contributed by atoms with Crippen LogP contribution in [0.25, 0.3) is 0 Å². The molecular formula is C17H26N4O3. The van der Waals surface area contributed by atoms with E-state index < -0.39 is 0 Å². The summed E-state index contributed by atoms with van der Waals surface area (Å²) in [6, 6.07) is 0. The zero-order valence-electron chi connectivity index (χ0n) is 14.0. The maximum absolute atomic E-state index is 12.5. The number of aliphatic hydroxyl groups excluding tert-OH is 1. The standard InChI is InChI=1S/C17H26N4O3/c22-13-15-12-21(11-14(15)10-20-5-7-24-8-6-20)17(23)2-1-16-9-18-3-4-19-16/h3-4,9,14-15,22H,1-2,5-8,10-13H2/t14-,15-/m1/s1. The number of likely N-dealkylation sites (tertiary alicyclic amines) is 1. The third-order valence-electron chi connectivity index (χ3n) is 4.97. The monoisotopic (exact) mass is 334 g/mol. The Morgan fingerprint density at radius 2 is 2.04 bits per heavy atom. The molecule has 7 nitrogen and oxygen atoms in total. The number of amides is 1. The lowest BCUT2D eigenvalue weighted by atomic mass is 9.96. The fourth-order valence-corrected chi connectivity index (χ4v) is 3.52. The predicted molar refractivity (Wildman–Crippen MR) is 88.3 cm³/mol. The quantitative estimate of drug-likeness (QED) is 0.777. The van der Waals surface area contributed by atoms with Crippen LogP contribution in [0.4, 0.5) is 0 Å². The Hall–Kier alpha value is -1.57. The summed E-state index contributed by atoms with van der Waals surface area (Å²) in [6.45, 7) is 5.90. The van der Waals surface area contributed by atoms with Crippen LogP contribution in [0, 0.1) is 11.8 Å². The zero-order chi connectivity index (χ0) is 16.8. The van der Waals surface area contributed by atoms with Crippen LogP contribution < -0.4 is 0 Å². The number of aryl methyl sites for hydroxylation is 1. The predicted octanol–water partition coefficient (Wildman–Crippen LogP) is -0.192. The number of aromatic nitrogens is 2. The molecule has 2 aliphatic rings. The van der Waals surface area contributed by atoms with Gasteiger partial charge in [-0.3, -0.25) is 19.7 Å². The SMILES string of the molecule is O=C(CCc1cnccn1)N1C[C@@H](CN2CCOCC2)[C@@H](CO)C1. The van der Waals surface area contributed by atoms with Crippen molar-refractivity contribution in [3.63, 3.8) is 0 Å². The minimum atomic E-state index is 0.142. The second kappa shape index (κ2) is 8.50. The van der Waals surface area contributed by atoms with Gasteiger partial charge in [-0.1, -0.05) is 0 Å². The molecule has 132 valence electrons. The average molecular weight is 334 g/mol. The number of ether oxygens (including phenoxy) is 1.